The minimum absolute atomic E-state index is 0.0158. The minimum Gasteiger partial charge on any atom is -0.480 e. The average molecular weight is 304 g/mol. The Kier molecular flexibility index (Phi) is 5.11. The summed E-state index contributed by atoms with van der Waals surface area (Å²) in [4.78, 5) is 10.8. The third-order valence-corrected chi connectivity index (χ3v) is 4.33. The highest BCUT2D eigenvalue weighted by Gasteiger charge is 2.25. The molecule has 0 amide bonds. The number of sulfonamides is 1. The van der Waals surface area contributed by atoms with Gasteiger partial charge in [0.1, 0.15) is 10.9 Å². The summed E-state index contributed by atoms with van der Waals surface area (Å²) in [5, 5.41) is 8.97. The SMILES string of the molecule is C=CCC(NS(=O)(=O)c1ccc(C)cc1Cl)C(=O)O. The summed E-state index contributed by atoms with van der Waals surface area (Å²) in [6.07, 6.45) is 1.32. The summed E-state index contributed by atoms with van der Waals surface area (Å²) < 4.78 is 26.2. The van der Waals surface area contributed by atoms with Crippen LogP contribution in [0.5, 0.6) is 0 Å². The Morgan fingerprint density at radius 3 is 2.68 bits per heavy atom. The van der Waals surface area contributed by atoms with E-state index in [9.17, 15) is 13.2 Å². The molecular weight excluding hydrogens is 290 g/mol. The van der Waals surface area contributed by atoms with Gasteiger partial charge in [-0.3, -0.25) is 4.79 Å². The molecule has 19 heavy (non-hydrogen) atoms. The predicted molar refractivity (Wildman–Crippen MR) is 72.7 cm³/mol. The van der Waals surface area contributed by atoms with Gasteiger partial charge in [0, 0.05) is 0 Å². The van der Waals surface area contributed by atoms with Crippen LogP contribution >= 0.6 is 11.6 Å². The van der Waals surface area contributed by atoms with E-state index in [4.69, 9.17) is 16.7 Å². The number of carboxylic acids is 1. The summed E-state index contributed by atoms with van der Waals surface area (Å²) in [5.41, 5.74) is 0.810. The maximum Gasteiger partial charge on any atom is 0.322 e. The molecule has 0 fully saturated rings. The van der Waals surface area contributed by atoms with Gasteiger partial charge in [-0.25, -0.2) is 8.42 Å². The zero-order valence-corrected chi connectivity index (χ0v) is 11.8. The van der Waals surface area contributed by atoms with E-state index >= 15 is 0 Å². The van der Waals surface area contributed by atoms with Crippen molar-refractivity contribution in [3.63, 3.8) is 0 Å². The number of carbonyl (C=O) groups is 1. The number of aliphatic carboxylic acids is 1. The number of hydrogen-bond donors (Lipinski definition) is 2. The number of halogens is 1. The monoisotopic (exact) mass is 303 g/mol. The quantitative estimate of drug-likeness (QED) is 0.787. The van der Waals surface area contributed by atoms with Gasteiger partial charge < -0.3 is 5.11 Å². The maximum atomic E-state index is 12.1. The van der Waals surface area contributed by atoms with Gasteiger partial charge in [0.2, 0.25) is 10.0 Å². The molecule has 0 aliphatic carbocycles. The molecule has 0 saturated heterocycles. The summed E-state index contributed by atoms with van der Waals surface area (Å²) in [6, 6.07) is 3.16. The second kappa shape index (κ2) is 6.18. The van der Waals surface area contributed by atoms with Crippen molar-refractivity contribution >= 4 is 27.6 Å². The highest BCUT2D eigenvalue weighted by Crippen LogP contribution is 2.22. The van der Waals surface area contributed by atoms with Crippen LogP contribution in [0.25, 0.3) is 0 Å². The highest BCUT2D eigenvalue weighted by atomic mass is 35.5. The zero-order chi connectivity index (χ0) is 14.6. The van der Waals surface area contributed by atoms with Gasteiger partial charge in [-0.15, -0.1) is 6.58 Å². The minimum atomic E-state index is -3.98. The van der Waals surface area contributed by atoms with Crippen molar-refractivity contribution in [2.45, 2.75) is 24.3 Å². The van der Waals surface area contributed by atoms with Crippen molar-refractivity contribution in [2.24, 2.45) is 0 Å². The molecule has 1 atom stereocenters. The fourth-order valence-electron chi connectivity index (χ4n) is 1.44. The van der Waals surface area contributed by atoms with E-state index in [0.29, 0.717) is 0 Å². The molecule has 0 heterocycles. The maximum absolute atomic E-state index is 12.1. The summed E-state index contributed by atoms with van der Waals surface area (Å²) in [5.74, 6) is -1.27. The molecule has 0 aliphatic rings. The van der Waals surface area contributed by atoms with Gasteiger partial charge >= 0.3 is 5.97 Å². The molecule has 2 N–H and O–H groups in total. The zero-order valence-electron chi connectivity index (χ0n) is 10.3. The van der Waals surface area contributed by atoms with E-state index in [2.05, 4.69) is 11.3 Å². The van der Waals surface area contributed by atoms with Crippen LogP contribution in [0.4, 0.5) is 0 Å². The van der Waals surface area contributed by atoms with E-state index in [1.54, 1.807) is 13.0 Å². The van der Waals surface area contributed by atoms with E-state index in [-0.39, 0.29) is 16.3 Å². The van der Waals surface area contributed by atoms with Crippen LogP contribution in [-0.4, -0.2) is 25.5 Å². The van der Waals surface area contributed by atoms with Crippen molar-refractivity contribution in [1.82, 2.24) is 4.72 Å². The van der Waals surface area contributed by atoms with Crippen LogP contribution in [-0.2, 0) is 14.8 Å². The first-order valence-electron chi connectivity index (χ1n) is 5.40. The van der Waals surface area contributed by atoms with Crippen LogP contribution < -0.4 is 4.72 Å². The third-order valence-electron chi connectivity index (χ3n) is 2.37. The van der Waals surface area contributed by atoms with Gasteiger partial charge in [-0.05, 0) is 31.0 Å². The van der Waals surface area contributed by atoms with Gasteiger partial charge in [-0.1, -0.05) is 23.7 Å². The van der Waals surface area contributed by atoms with Gasteiger partial charge in [0.05, 0.1) is 5.02 Å². The Hall–Kier alpha value is -1.37. The molecule has 0 bridgehead atoms. The number of benzene rings is 1. The number of carboxylic acid groups (broad SMARTS) is 1. The molecule has 0 spiro atoms. The molecule has 0 aromatic heterocycles. The molecule has 5 nitrogen and oxygen atoms in total. The Morgan fingerprint density at radius 1 is 1.58 bits per heavy atom. The second-order valence-electron chi connectivity index (χ2n) is 3.97. The first kappa shape index (κ1) is 15.7. The predicted octanol–water partition coefficient (Wildman–Crippen LogP) is 1.96. The lowest BCUT2D eigenvalue weighted by Crippen LogP contribution is -2.40. The van der Waals surface area contributed by atoms with E-state index < -0.39 is 22.0 Å². The average Bonchev–Trinajstić information content (AvgIpc) is 2.27. The lowest BCUT2D eigenvalue weighted by atomic mass is 10.2. The summed E-state index contributed by atoms with van der Waals surface area (Å²) in [6.45, 7) is 5.16. The molecule has 1 aromatic rings. The van der Waals surface area contributed by atoms with Crippen LogP contribution in [0.1, 0.15) is 12.0 Å². The topological polar surface area (TPSA) is 83.5 Å². The van der Waals surface area contributed by atoms with Crippen LogP contribution in [0.2, 0.25) is 5.02 Å². The summed E-state index contributed by atoms with van der Waals surface area (Å²) in [7, 11) is -3.98. The molecular formula is C12H14ClNO4S. The summed E-state index contributed by atoms with van der Waals surface area (Å²) >= 11 is 5.87. The largest absolute Gasteiger partial charge is 0.480 e. The Bertz CT molecular complexity index is 598. The third kappa shape index (κ3) is 4.05. The Labute approximate surface area is 117 Å². The van der Waals surface area contributed by atoms with Crippen LogP contribution in [0.15, 0.2) is 35.7 Å². The van der Waals surface area contributed by atoms with E-state index in [1.807, 2.05) is 0 Å². The smallest absolute Gasteiger partial charge is 0.322 e. The first-order valence-corrected chi connectivity index (χ1v) is 7.26. The van der Waals surface area contributed by atoms with Crippen molar-refractivity contribution < 1.29 is 18.3 Å². The van der Waals surface area contributed by atoms with Gasteiger partial charge in [-0.2, -0.15) is 4.72 Å². The number of aryl methyl sites for hydroxylation is 1. The standard InChI is InChI=1S/C12H14ClNO4S/c1-3-4-10(12(15)16)14-19(17,18)11-6-5-8(2)7-9(11)13/h3,5-7,10,14H,1,4H2,2H3,(H,15,16). The van der Waals surface area contributed by atoms with Crippen LogP contribution in [0, 0.1) is 6.92 Å². The number of rotatable bonds is 6. The van der Waals surface area contributed by atoms with Gasteiger partial charge in [0.15, 0.2) is 0 Å². The first-order chi connectivity index (χ1) is 8.77. The normalized spacial score (nSPS) is 12.9. The van der Waals surface area contributed by atoms with Crippen molar-refractivity contribution in [1.29, 1.82) is 0 Å². The second-order valence-corrected chi connectivity index (χ2v) is 6.06. The molecule has 1 aromatic carbocycles. The lowest BCUT2D eigenvalue weighted by molar-refractivity contribution is -0.138. The fraction of sp³-hybridized carbons (Fsp3) is 0.250. The van der Waals surface area contributed by atoms with Crippen molar-refractivity contribution in [3.8, 4) is 0 Å². The highest BCUT2D eigenvalue weighted by molar-refractivity contribution is 7.89. The molecule has 1 unspecified atom stereocenters. The number of hydrogen-bond acceptors (Lipinski definition) is 3. The van der Waals surface area contributed by atoms with Crippen molar-refractivity contribution in [2.75, 3.05) is 0 Å². The molecule has 0 saturated carbocycles. The molecule has 0 radical (unpaired) electrons. The van der Waals surface area contributed by atoms with Crippen LogP contribution in [0.3, 0.4) is 0 Å². The van der Waals surface area contributed by atoms with E-state index in [0.717, 1.165) is 5.56 Å². The number of nitrogens with one attached hydrogen (secondary N) is 1. The Morgan fingerprint density at radius 2 is 2.21 bits per heavy atom. The Balaban J connectivity index is 3.09. The molecule has 104 valence electrons. The molecule has 0 aliphatic heterocycles. The molecule has 1 rings (SSSR count). The van der Waals surface area contributed by atoms with Crippen molar-refractivity contribution in [3.05, 3.63) is 41.4 Å². The molecule has 7 heteroatoms. The fourth-order valence-corrected chi connectivity index (χ4v) is 3.24. The van der Waals surface area contributed by atoms with Gasteiger partial charge in [0.25, 0.3) is 0 Å². The van der Waals surface area contributed by atoms with E-state index in [1.165, 1.54) is 18.2 Å². The lowest BCUT2D eigenvalue weighted by Gasteiger charge is -2.14.